The summed E-state index contributed by atoms with van der Waals surface area (Å²) >= 11 is 0. The van der Waals surface area contributed by atoms with Gasteiger partial charge in [-0.05, 0) is 49.6 Å². The van der Waals surface area contributed by atoms with Gasteiger partial charge >= 0.3 is 0 Å². The molecular weight excluding hydrogens is 238 g/mol. The largest absolute Gasteiger partial charge is 0.481 e. The molecule has 0 spiro atoms. The summed E-state index contributed by atoms with van der Waals surface area (Å²) in [5, 5.41) is 0. The van der Waals surface area contributed by atoms with E-state index in [1.807, 2.05) is 39.0 Å². The van der Waals surface area contributed by atoms with Crippen molar-refractivity contribution in [2.45, 2.75) is 39.3 Å². The zero-order valence-electron chi connectivity index (χ0n) is 11.7. The Morgan fingerprint density at radius 1 is 1.26 bits per heavy atom. The highest BCUT2D eigenvalue weighted by molar-refractivity contribution is 5.36. The second kappa shape index (κ2) is 5.93. The summed E-state index contributed by atoms with van der Waals surface area (Å²) in [6, 6.07) is 9.84. The second-order valence-electron chi connectivity index (χ2n) is 4.89. The Morgan fingerprint density at radius 3 is 2.68 bits per heavy atom. The highest BCUT2D eigenvalue weighted by Gasteiger charge is 2.23. The summed E-state index contributed by atoms with van der Waals surface area (Å²) in [7, 11) is 0. The predicted molar refractivity (Wildman–Crippen MR) is 76.3 cm³/mol. The highest BCUT2D eigenvalue weighted by Crippen LogP contribution is 2.28. The Balaban J connectivity index is 2.28. The van der Waals surface area contributed by atoms with Crippen molar-refractivity contribution in [1.29, 1.82) is 0 Å². The van der Waals surface area contributed by atoms with Crippen molar-refractivity contribution in [2.24, 2.45) is 5.73 Å². The smallest absolute Gasteiger partial charge is 0.171 e. The van der Waals surface area contributed by atoms with Gasteiger partial charge in [0, 0.05) is 6.04 Å². The molecule has 2 rings (SSSR count). The van der Waals surface area contributed by atoms with E-state index in [1.54, 1.807) is 6.26 Å². The Hall–Kier alpha value is -1.74. The molecule has 3 heteroatoms. The monoisotopic (exact) mass is 259 g/mol. The summed E-state index contributed by atoms with van der Waals surface area (Å²) in [6.45, 7) is 6.13. The zero-order chi connectivity index (χ0) is 13.8. The molecule has 2 aromatic rings. The molecule has 2 atom stereocenters. The van der Waals surface area contributed by atoms with E-state index in [9.17, 15) is 0 Å². The van der Waals surface area contributed by atoms with Gasteiger partial charge in [-0.1, -0.05) is 19.1 Å². The first-order valence-corrected chi connectivity index (χ1v) is 6.64. The fourth-order valence-corrected chi connectivity index (χ4v) is 1.99. The molecule has 0 aliphatic heterocycles. The van der Waals surface area contributed by atoms with Crippen LogP contribution in [0.15, 0.2) is 41.0 Å². The van der Waals surface area contributed by atoms with Gasteiger partial charge in [-0.3, -0.25) is 0 Å². The lowest BCUT2D eigenvalue weighted by Crippen LogP contribution is -2.31. The molecule has 0 amide bonds. The average molecular weight is 259 g/mol. The zero-order valence-corrected chi connectivity index (χ0v) is 11.7. The van der Waals surface area contributed by atoms with Crippen molar-refractivity contribution < 1.29 is 9.15 Å². The van der Waals surface area contributed by atoms with Crippen molar-refractivity contribution in [3.63, 3.8) is 0 Å². The Labute approximate surface area is 114 Å². The maximum absolute atomic E-state index is 6.16. The van der Waals surface area contributed by atoms with Gasteiger partial charge in [0.2, 0.25) is 0 Å². The molecule has 2 N–H and O–H groups in total. The molecule has 19 heavy (non-hydrogen) atoms. The van der Waals surface area contributed by atoms with Crippen LogP contribution in [0.4, 0.5) is 0 Å². The number of benzene rings is 1. The first-order chi connectivity index (χ1) is 9.11. The maximum Gasteiger partial charge on any atom is 0.171 e. The molecule has 0 aliphatic rings. The molecule has 1 aromatic heterocycles. The molecule has 0 saturated heterocycles. The number of aryl methyl sites for hydroxylation is 2. The SMILES string of the molecule is CCC(N)C(Oc1cc(C)ccc1C)c1ccco1. The van der Waals surface area contributed by atoms with Crippen LogP contribution < -0.4 is 10.5 Å². The van der Waals surface area contributed by atoms with Crippen LogP contribution in [-0.2, 0) is 0 Å². The molecule has 0 saturated carbocycles. The van der Waals surface area contributed by atoms with E-state index in [1.165, 1.54) is 5.56 Å². The van der Waals surface area contributed by atoms with Crippen molar-refractivity contribution in [3.8, 4) is 5.75 Å². The van der Waals surface area contributed by atoms with Gasteiger partial charge in [0.15, 0.2) is 6.10 Å². The molecule has 0 radical (unpaired) electrons. The fraction of sp³-hybridized carbons (Fsp3) is 0.375. The number of furan rings is 1. The van der Waals surface area contributed by atoms with Gasteiger partial charge in [-0.25, -0.2) is 0 Å². The molecule has 0 bridgehead atoms. The van der Waals surface area contributed by atoms with Crippen LogP contribution in [0.2, 0.25) is 0 Å². The third-order valence-electron chi connectivity index (χ3n) is 3.28. The minimum atomic E-state index is -0.250. The lowest BCUT2D eigenvalue weighted by Gasteiger charge is -2.23. The van der Waals surface area contributed by atoms with E-state index >= 15 is 0 Å². The second-order valence-corrected chi connectivity index (χ2v) is 4.89. The third-order valence-corrected chi connectivity index (χ3v) is 3.28. The van der Waals surface area contributed by atoms with Crippen molar-refractivity contribution in [3.05, 3.63) is 53.5 Å². The Bertz CT molecular complexity index is 520. The lowest BCUT2D eigenvalue weighted by molar-refractivity contribution is 0.143. The van der Waals surface area contributed by atoms with Crippen LogP contribution in [0, 0.1) is 13.8 Å². The van der Waals surface area contributed by atoms with E-state index < -0.39 is 0 Å². The van der Waals surface area contributed by atoms with Gasteiger partial charge in [-0.15, -0.1) is 0 Å². The number of ether oxygens (including phenoxy) is 1. The first kappa shape index (κ1) is 13.7. The van der Waals surface area contributed by atoms with E-state index in [0.29, 0.717) is 0 Å². The third kappa shape index (κ3) is 3.18. The van der Waals surface area contributed by atoms with Gasteiger partial charge in [0.1, 0.15) is 11.5 Å². The quantitative estimate of drug-likeness (QED) is 0.889. The summed E-state index contributed by atoms with van der Waals surface area (Å²) in [5.74, 6) is 1.64. The Morgan fingerprint density at radius 2 is 2.05 bits per heavy atom. The Kier molecular flexibility index (Phi) is 4.27. The van der Waals surface area contributed by atoms with Crippen LogP contribution in [0.1, 0.15) is 36.3 Å². The van der Waals surface area contributed by atoms with Crippen LogP contribution >= 0.6 is 0 Å². The van der Waals surface area contributed by atoms with Crippen LogP contribution in [0.25, 0.3) is 0 Å². The van der Waals surface area contributed by atoms with Gasteiger partial charge in [0.05, 0.1) is 6.26 Å². The number of rotatable bonds is 5. The van der Waals surface area contributed by atoms with Crippen LogP contribution in [-0.4, -0.2) is 6.04 Å². The number of hydrogen-bond acceptors (Lipinski definition) is 3. The molecule has 1 aromatic carbocycles. The van der Waals surface area contributed by atoms with E-state index in [4.69, 9.17) is 14.9 Å². The molecular formula is C16H21NO2. The molecule has 3 nitrogen and oxygen atoms in total. The maximum atomic E-state index is 6.16. The summed E-state index contributed by atoms with van der Waals surface area (Å²) in [6.07, 6.45) is 2.23. The van der Waals surface area contributed by atoms with Crippen LogP contribution in [0.5, 0.6) is 5.75 Å². The normalized spacial score (nSPS) is 14.1. The molecule has 1 heterocycles. The topological polar surface area (TPSA) is 48.4 Å². The van der Waals surface area contributed by atoms with E-state index in [0.717, 1.165) is 23.5 Å². The predicted octanol–water partition coefficient (Wildman–Crippen LogP) is 3.75. The van der Waals surface area contributed by atoms with Crippen molar-refractivity contribution >= 4 is 0 Å². The fourth-order valence-electron chi connectivity index (χ4n) is 1.99. The van der Waals surface area contributed by atoms with Crippen molar-refractivity contribution in [2.75, 3.05) is 0 Å². The van der Waals surface area contributed by atoms with E-state index in [2.05, 4.69) is 12.1 Å². The minimum absolute atomic E-state index is 0.0916. The summed E-state index contributed by atoms with van der Waals surface area (Å²) in [4.78, 5) is 0. The number of nitrogens with two attached hydrogens (primary N) is 1. The molecule has 2 unspecified atom stereocenters. The van der Waals surface area contributed by atoms with Gasteiger partial charge in [0.25, 0.3) is 0 Å². The summed E-state index contributed by atoms with van der Waals surface area (Å²) < 4.78 is 11.6. The van der Waals surface area contributed by atoms with Gasteiger partial charge in [-0.2, -0.15) is 0 Å². The number of hydrogen-bond donors (Lipinski definition) is 1. The first-order valence-electron chi connectivity index (χ1n) is 6.64. The highest BCUT2D eigenvalue weighted by atomic mass is 16.5. The lowest BCUT2D eigenvalue weighted by atomic mass is 10.1. The average Bonchev–Trinajstić information content (AvgIpc) is 2.92. The van der Waals surface area contributed by atoms with Gasteiger partial charge < -0.3 is 14.9 Å². The standard InChI is InChI=1S/C16H21NO2/c1-4-13(17)16(14-6-5-9-18-14)19-15-10-11(2)7-8-12(15)3/h5-10,13,16H,4,17H2,1-3H3. The van der Waals surface area contributed by atoms with E-state index in [-0.39, 0.29) is 12.1 Å². The van der Waals surface area contributed by atoms with Crippen LogP contribution in [0.3, 0.4) is 0 Å². The molecule has 102 valence electrons. The summed E-state index contributed by atoms with van der Waals surface area (Å²) in [5.41, 5.74) is 8.43. The van der Waals surface area contributed by atoms with Crippen molar-refractivity contribution in [1.82, 2.24) is 0 Å². The molecule has 0 aliphatic carbocycles. The molecule has 0 fully saturated rings. The minimum Gasteiger partial charge on any atom is -0.481 e.